The Morgan fingerprint density at radius 2 is 1.35 bits per heavy atom. The van der Waals surface area contributed by atoms with E-state index in [0.29, 0.717) is 5.56 Å². The number of rotatable bonds is 15. The molecule has 0 aliphatic carbocycles. The summed E-state index contributed by atoms with van der Waals surface area (Å²) in [5.41, 5.74) is 11.4. The predicted octanol–water partition coefficient (Wildman–Crippen LogP) is -1.80. The monoisotopic (exact) mass is 523 g/mol. The molecule has 0 aliphatic heterocycles. The lowest BCUT2D eigenvalue weighted by Crippen LogP contribution is -2.58. The summed E-state index contributed by atoms with van der Waals surface area (Å²) in [4.78, 5) is 72.4. The van der Waals surface area contributed by atoms with Gasteiger partial charge in [0.25, 0.3) is 0 Å². The molecule has 0 fully saturated rings. The van der Waals surface area contributed by atoms with E-state index in [-0.39, 0.29) is 24.5 Å². The number of aliphatic carboxylic acids is 2. The van der Waals surface area contributed by atoms with Crippen molar-refractivity contribution in [2.75, 3.05) is 0 Å². The number of carboxylic acids is 2. The molecule has 0 bridgehead atoms. The molecular formula is C23H33N5O9. The van der Waals surface area contributed by atoms with Crippen LogP contribution >= 0.6 is 0 Å². The summed E-state index contributed by atoms with van der Waals surface area (Å²) in [5, 5.41) is 34.7. The average Bonchev–Trinajstić information content (AvgIpc) is 2.80. The van der Waals surface area contributed by atoms with Gasteiger partial charge in [-0.25, -0.2) is 4.79 Å². The Morgan fingerprint density at radius 1 is 0.838 bits per heavy atom. The fourth-order valence-corrected chi connectivity index (χ4v) is 3.13. The molecule has 0 spiro atoms. The zero-order valence-electron chi connectivity index (χ0n) is 20.5. The van der Waals surface area contributed by atoms with Crippen molar-refractivity contribution in [2.45, 2.75) is 63.7 Å². The molecule has 4 atom stereocenters. The van der Waals surface area contributed by atoms with Crippen molar-refractivity contribution in [1.82, 2.24) is 16.0 Å². The van der Waals surface area contributed by atoms with Gasteiger partial charge >= 0.3 is 11.9 Å². The highest BCUT2D eigenvalue weighted by molar-refractivity contribution is 5.96. The smallest absolute Gasteiger partial charge is 0.326 e. The standard InChI is InChI=1S/C23H33N5O9/c1-11(2)19(25)22(35)26-14(7-8-18(31)32)20(33)27-15(10-17(24)30)21(34)28-16(23(36)37)9-12-3-5-13(29)6-4-12/h3-6,11,14-16,19,29H,7-10,25H2,1-2H3,(H2,24,30)(H,26,35)(H,27,33)(H,28,34)(H,31,32)(H,36,37). The van der Waals surface area contributed by atoms with Gasteiger partial charge in [-0.15, -0.1) is 0 Å². The first kappa shape index (κ1) is 30.8. The number of carboxylic acid groups (broad SMARTS) is 2. The number of carbonyl (C=O) groups is 6. The molecule has 1 rings (SSSR count). The van der Waals surface area contributed by atoms with E-state index in [2.05, 4.69) is 16.0 Å². The zero-order chi connectivity index (χ0) is 28.3. The molecule has 0 heterocycles. The molecule has 0 aromatic heterocycles. The molecule has 14 nitrogen and oxygen atoms in total. The molecule has 204 valence electrons. The number of carbonyl (C=O) groups excluding carboxylic acids is 4. The van der Waals surface area contributed by atoms with Gasteiger partial charge in [-0.2, -0.15) is 0 Å². The van der Waals surface area contributed by atoms with Gasteiger partial charge in [0.05, 0.1) is 12.5 Å². The molecule has 0 aliphatic rings. The first-order chi connectivity index (χ1) is 17.2. The predicted molar refractivity (Wildman–Crippen MR) is 129 cm³/mol. The van der Waals surface area contributed by atoms with Crippen molar-refractivity contribution < 1.29 is 44.1 Å². The lowest BCUT2D eigenvalue weighted by molar-refractivity contribution is -0.142. The summed E-state index contributed by atoms with van der Waals surface area (Å²) in [7, 11) is 0. The van der Waals surface area contributed by atoms with E-state index >= 15 is 0 Å². The van der Waals surface area contributed by atoms with Crippen LogP contribution in [0, 0.1) is 5.92 Å². The van der Waals surface area contributed by atoms with Crippen LogP contribution in [0.25, 0.3) is 0 Å². The Morgan fingerprint density at radius 3 is 1.84 bits per heavy atom. The van der Waals surface area contributed by atoms with Gasteiger partial charge in [0.15, 0.2) is 0 Å². The normalized spacial score (nSPS) is 14.1. The van der Waals surface area contributed by atoms with Crippen LogP contribution in [-0.2, 0) is 35.2 Å². The highest BCUT2D eigenvalue weighted by atomic mass is 16.4. The highest BCUT2D eigenvalue weighted by Crippen LogP contribution is 2.12. The quantitative estimate of drug-likeness (QED) is 0.128. The van der Waals surface area contributed by atoms with Crippen LogP contribution in [0.1, 0.15) is 38.7 Å². The van der Waals surface area contributed by atoms with Crippen LogP contribution in [0.4, 0.5) is 0 Å². The molecule has 1 aromatic carbocycles. The van der Waals surface area contributed by atoms with Crippen molar-refractivity contribution in [2.24, 2.45) is 17.4 Å². The van der Waals surface area contributed by atoms with Gasteiger partial charge in [0, 0.05) is 12.8 Å². The van der Waals surface area contributed by atoms with Gasteiger partial charge in [-0.05, 0) is 30.0 Å². The topological polar surface area (TPSA) is 251 Å². The number of hydrogen-bond donors (Lipinski definition) is 8. The van der Waals surface area contributed by atoms with E-state index in [1.807, 2.05) is 0 Å². The van der Waals surface area contributed by atoms with Gasteiger partial charge in [-0.1, -0.05) is 26.0 Å². The summed E-state index contributed by atoms with van der Waals surface area (Å²) < 4.78 is 0. The maximum atomic E-state index is 12.9. The Bertz CT molecular complexity index is 997. The minimum atomic E-state index is -1.62. The molecule has 0 saturated carbocycles. The number of hydrogen-bond acceptors (Lipinski definition) is 8. The largest absolute Gasteiger partial charge is 0.508 e. The van der Waals surface area contributed by atoms with Crippen LogP contribution in [0.3, 0.4) is 0 Å². The number of amides is 4. The van der Waals surface area contributed by atoms with Crippen LogP contribution in [0.15, 0.2) is 24.3 Å². The van der Waals surface area contributed by atoms with Crippen molar-refractivity contribution in [3.05, 3.63) is 29.8 Å². The van der Waals surface area contributed by atoms with Gasteiger partial charge < -0.3 is 42.7 Å². The fraction of sp³-hybridized carbons (Fsp3) is 0.478. The lowest BCUT2D eigenvalue weighted by atomic mass is 10.0. The fourth-order valence-electron chi connectivity index (χ4n) is 3.13. The third-order valence-corrected chi connectivity index (χ3v) is 5.33. The van der Waals surface area contributed by atoms with E-state index in [4.69, 9.17) is 16.6 Å². The molecule has 0 saturated heterocycles. The molecular weight excluding hydrogens is 490 g/mol. The highest BCUT2D eigenvalue weighted by Gasteiger charge is 2.32. The minimum absolute atomic E-state index is 0.0391. The van der Waals surface area contributed by atoms with Crippen molar-refractivity contribution >= 4 is 35.6 Å². The molecule has 0 radical (unpaired) electrons. The Hall–Kier alpha value is -4.20. The third kappa shape index (κ3) is 10.9. The second kappa shape index (κ2) is 14.4. The van der Waals surface area contributed by atoms with E-state index in [1.165, 1.54) is 24.3 Å². The maximum Gasteiger partial charge on any atom is 0.326 e. The molecule has 4 unspecified atom stereocenters. The van der Waals surface area contributed by atoms with E-state index in [9.17, 15) is 39.0 Å². The number of phenols is 1. The zero-order valence-corrected chi connectivity index (χ0v) is 20.5. The molecule has 4 amide bonds. The van der Waals surface area contributed by atoms with Crippen molar-refractivity contribution in [3.8, 4) is 5.75 Å². The minimum Gasteiger partial charge on any atom is -0.508 e. The van der Waals surface area contributed by atoms with Crippen LogP contribution in [-0.4, -0.2) is 75.1 Å². The second-order valence-corrected chi connectivity index (χ2v) is 8.76. The average molecular weight is 524 g/mol. The Balaban J connectivity index is 3.06. The number of phenolic OH excluding ortho intramolecular Hbond substituents is 1. The maximum absolute atomic E-state index is 12.9. The van der Waals surface area contributed by atoms with E-state index in [1.54, 1.807) is 13.8 Å². The Labute approximate surface area is 212 Å². The first-order valence-electron chi connectivity index (χ1n) is 11.4. The second-order valence-electron chi connectivity index (χ2n) is 8.76. The summed E-state index contributed by atoms with van der Waals surface area (Å²) in [5.74, 6) is -6.72. The van der Waals surface area contributed by atoms with Crippen molar-refractivity contribution in [3.63, 3.8) is 0 Å². The lowest BCUT2D eigenvalue weighted by Gasteiger charge is -2.25. The summed E-state index contributed by atoms with van der Waals surface area (Å²) >= 11 is 0. The number of benzene rings is 1. The number of primary amides is 1. The molecule has 37 heavy (non-hydrogen) atoms. The van der Waals surface area contributed by atoms with Crippen LogP contribution in [0.2, 0.25) is 0 Å². The Kier molecular flexibility index (Phi) is 12.0. The van der Waals surface area contributed by atoms with Gasteiger partial charge in [-0.3, -0.25) is 24.0 Å². The molecule has 10 N–H and O–H groups in total. The van der Waals surface area contributed by atoms with Gasteiger partial charge in [0.1, 0.15) is 23.9 Å². The summed E-state index contributed by atoms with van der Waals surface area (Å²) in [6.07, 6.45) is -1.73. The molecule has 1 aromatic rings. The van der Waals surface area contributed by atoms with E-state index in [0.717, 1.165) is 0 Å². The summed E-state index contributed by atoms with van der Waals surface area (Å²) in [6.45, 7) is 3.33. The van der Waals surface area contributed by atoms with Crippen LogP contribution < -0.4 is 27.4 Å². The number of nitrogens with two attached hydrogens (primary N) is 2. The van der Waals surface area contributed by atoms with Crippen LogP contribution in [0.5, 0.6) is 5.75 Å². The van der Waals surface area contributed by atoms with Crippen molar-refractivity contribution in [1.29, 1.82) is 0 Å². The number of nitrogens with one attached hydrogen (secondary N) is 3. The molecule has 14 heteroatoms. The first-order valence-corrected chi connectivity index (χ1v) is 11.4. The summed E-state index contributed by atoms with van der Waals surface area (Å²) in [6, 6.07) is 0.0942. The third-order valence-electron chi connectivity index (χ3n) is 5.33. The van der Waals surface area contributed by atoms with E-state index < -0.39 is 72.6 Å². The SMILES string of the molecule is CC(C)C(N)C(=O)NC(CCC(=O)O)C(=O)NC(CC(N)=O)C(=O)NC(Cc1ccc(O)cc1)C(=O)O. The van der Waals surface area contributed by atoms with Gasteiger partial charge in [0.2, 0.25) is 23.6 Å². The number of aromatic hydroxyl groups is 1.